The van der Waals surface area contributed by atoms with Crippen LogP contribution in [0.4, 0.5) is 4.79 Å². The Bertz CT molecular complexity index is 410. The maximum atomic E-state index is 12.0. The number of carbonyl (C=O) groups excluding carboxylic acids is 2. The fourth-order valence-electron chi connectivity index (χ4n) is 2.26. The Morgan fingerprint density at radius 3 is 2.25 bits per heavy atom. The van der Waals surface area contributed by atoms with E-state index in [4.69, 9.17) is 11.3 Å². The van der Waals surface area contributed by atoms with E-state index in [9.17, 15) is 9.59 Å². The van der Waals surface area contributed by atoms with Gasteiger partial charge < -0.3 is 19.3 Å². The van der Waals surface area contributed by atoms with Gasteiger partial charge in [0, 0.05) is 38.8 Å². The van der Waals surface area contributed by atoms with Gasteiger partial charge in [-0.05, 0) is 27.7 Å². The molecule has 1 heterocycles. The Kier molecular flexibility index (Phi) is 5.15. The van der Waals surface area contributed by atoms with Crippen molar-refractivity contribution in [1.82, 2.24) is 4.90 Å². The molecule has 0 N–H and O–H groups in total. The third-order valence-corrected chi connectivity index (χ3v) is 3.53. The first kappa shape index (κ1) is 16.5. The Balaban J connectivity index is 2.55. The van der Waals surface area contributed by atoms with Gasteiger partial charge in [0.05, 0.1) is 0 Å². The topological polar surface area (TPSA) is 51.0 Å². The van der Waals surface area contributed by atoms with E-state index >= 15 is 0 Å². The lowest BCUT2D eigenvalue weighted by Gasteiger charge is -2.34. The minimum Gasteiger partial charge on any atom is -0.444 e. The molecule has 1 fully saturated rings. The van der Waals surface area contributed by atoms with Gasteiger partial charge >= 0.3 is 6.09 Å². The maximum Gasteiger partial charge on any atom is 0.410 e. The highest BCUT2D eigenvalue weighted by atomic mass is 16.6. The molecule has 0 aromatic rings. The molecule has 5 heteroatoms. The SMILES string of the molecule is [C-]#[N+]C1(CCC(C)=O)CCN(C(=O)OC(C)(C)C)CC1. The summed E-state index contributed by atoms with van der Waals surface area (Å²) in [6.07, 6.45) is 1.94. The molecule has 0 unspecified atom stereocenters. The number of piperidine rings is 1. The van der Waals surface area contributed by atoms with Gasteiger partial charge in [-0.3, -0.25) is 0 Å². The zero-order valence-electron chi connectivity index (χ0n) is 12.9. The average Bonchev–Trinajstić information content (AvgIpc) is 2.35. The molecule has 112 valence electrons. The molecule has 1 aliphatic rings. The lowest BCUT2D eigenvalue weighted by Crippen LogP contribution is -2.47. The summed E-state index contributed by atoms with van der Waals surface area (Å²) in [7, 11) is 0. The van der Waals surface area contributed by atoms with Crippen LogP contribution in [0.5, 0.6) is 0 Å². The molecule has 0 aromatic heterocycles. The second-order valence-corrected chi connectivity index (χ2v) is 6.51. The minimum absolute atomic E-state index is 0.114. The lowest BCUT2D eigenvalue weighted by molar-refractivity contribution is -0.117. The monoisotopic (exact) mass is 280 g/mol. The van der Waals surface area contributed by atoms with Gasteiger partial charge in [0.2, 0.25) is 5.54 Å². The predicted octanol–water partition coefficient (Wildman–Crippen LogP) is 3.04. The van der Waals surface area contributed by atoms with Crippen molar-refractivity contribution in [2.45, 2.75) is 64.5 Å². The van der Waals surface area contributed by atoms with Crippen LogP contribution in [0, 0.1) is 6.57 Å². The van der Waals surface area contributed by atoms with E-state index in [1.807, 2.05) is 20.8 Å². The van der Waals surface area contributed by atoms with Gasteiger partial charge in [0.1, 0.15) is 11.4 Å². The molecule has 1 amide bonds. The van der Waals surface area contributed by atoms with Crippen LogP contribution in [-0.2, 0) is 9.53 Å². The summed E-state index contributed by atoms with van der Waals surface area (Å²) >= 11 is 0. The third kappa shape index (κ3) is 4.84. The van der Waals surface area contributed by atoms with E-state index in [1.165, 1.54) is 0 Å². The molecule has 0 bridgehead atoms. The summed E-state index contributed by atoms with van der Waals surface area (Å²) in [4.78, 5) is 28.4. The molecule has 0 atom stereocenters. The Labute approximate surface area is 121 Å². The van der Waals surface area contributed by atoms with Crippen molar-refractivity contribution in [3.63, 3.8) is 0 Å². The van der Waals surface area contributed by atoms with Crippen molar-refractivity contribution in [1.29, 1.82) is 0 Å². The lowest BCUT2D eigenvalue weighted by atomic mass is 9.83. The Hall–Kier alpha value is -1.57. The van der Waals surface area contributed by atoms with Crippen LogP contribution in [0.25, 0.3) is 4.85 Å². The third-order valence-electron chi connectivity index (χ3n) is 3.53. The van der Waals surface area contributed by atoms with Crippen molar-refractivity contribution >= 4 is 11.9 Å². The van der Waals surface area contributed by atoms with Crippen LogP contribution in [0.1, 0.15) is 53.4 Å². The van der Waals surface area contributed by atoms with Crippen LogP contribution in [-0.4, -0.2) is 41.0 Å². The van der Waals surface area contributed by atoms with Crippen LogP contribution >= 0.6 is 0 Å². The molecule has 0 spiro atoms. The number of carbonyl (C=O) groups is 2. The molecule has 0 aromatic carbocycles. The normalized spacial score (nSPS) is 18.2. The number of ketones is 1. The number of rotatable bonds is 3. The second kappa shape index (κ2) is 6.25. The first-order valence-electron chi connectivity index (χ1n) is 7.03. The van der Waals surface area contributed by atoms with Crippen LogP contribution < -0.4 is 0 Å². The number of amides is 1. The predicted molar refractivity (Wildman–Crippen MR) is 76.3 cm³/mol. The number of ether oxygens (including phenoxy) is 1. The van der Waals surface area contributed by atoms with Gasteiger partial charge in [0.25, 0.3) is 0 Å². The molecular formula is C15H24N2O3. The van der Waals surface area contributed by atoms with Crippen molar-refractivity contribution in [2.75, 3.05) is 13.1 Å². The molecule has 0 radical (unpaired) electrons. The standard InChI is InChI=1S/C15H24N2O3/c1-12(18)6-7-15(16-5)8-10-17(11-9-15)13(19)20-14(2,3)4/h6-11H2,1-4H3. The number of hydrogen-bond acceptors (Lipinski definition) is 3. The summed E-state index contributed by atoms with van der Waals surface area (Å²) < 4.78 is 5.33. The van der Waals surface area contributed by atoms with Gasteiger partial charge in [-0.25, -0.2) is 11.4 Å². The number of likely N-dealkylation sites (tertiary alicyclic amines) is 1. The summed E-state index contributed by atoms with van der Waals surface area (Å²) in [5.41, 5.74) is -0.982. The maximum absolute atomic E-state index is 12.0. The van der Waals surface area contributed by atoms with E-state index in [2.05, 4.69) is 4.85 Å². The largest absolute Gasteiger partial charge is 0.444 e. The zero-order valence-corrected chi connectivity index (χ0v) is 12.9. The molecule has 5 nitrogen and oxygen atoms in total. The summed E-state index contributed by atoms with van der Waals surface area (Å²) in [5.74, 6) is 0.114. The van der Waals surface area contributed by atoms with E-state index in [0.29, 0.717) is 38.8 Å². The summed E-state index contributed by atoms with van der Waals surface area (Å²) in [6.45, 7) is 15.5. The van der Waals surface area contributed by atoms with Crippen molar-refractivity contribution in [3.8, 4) is 0 Å². The average molecular weight is 280 g/mol. The molecule has 1 aliphatic heterocycles. The highest BCUT2D eigenvalue weighted by molar-refractivity contribution is 5.75. The summed E-state index contributed by atoms with van der Waals surface area (Å²) in [5, 5.41) is 0. The van der Waals surface area contributed by atoms with Gasteiger partial charge in [-0.2, -0.15) is 0 Å². The molecule has 1 rings (SSSR count). The zero-order chi connectivity index (χ0) is 15.4. The first-order valence-corrected chi connectivity index (χ1v) is 7.03. The van der Waals surface area contributed by atoms with Gasteiger partial charge in [-0.1, -0.05) is 0 Å². The fourth-order valence-corrected chi connectivity index (χ4v) is 2.26. The van der Waals surface area contributed by atoms with E-state index in [1.54, 1.807) is 11.8 Å². The second-order valence-electron chi connectivity index (χ2n) is 6.51. The quantitative estimate of drug-likeness (QED) is 0.747. The molecule has 0 saturated carbocycles. The van der Waals surface area contributed by atoms with Crippen molar-refractivity contribution < 1.29 is 14.3 Å². The number of Topliss-reactive ketones (excluding diaryl/α,β-unsaturated/α-hetero) is 1. The molecule has 20 heavy (non-hydrogen) atoms. The van der Waals surface area contributed by atoms with E-state index in [-0.39, 0.29) is 11.9 Å². The van der Waals surface area contributed by atoms with Crippen LogP contribution in [0.2, 0.25) is 0 Å². The summed E-state index contributed by atoms with van der Waals surface area (Å²) in [6, 6.07) is 0. The van der Waals surface area contributed by atoms with Crippen LogP contribution in [0.3, 0.4) is 0 Å². The van der Waals surface area contributed by atoms with E-state index in [0.717, 1.165) is 0 Å². The molecule has 1 saturated heterocycles. The van der Waals surface area contributed by atoms with Gasteiger partial charge in [0.15, 0.2) is 0 Å². The first-order chi connectivity index (χ1) is 9.17. The number of hydrogen-bond donors (Lipinski definition) is 0. The smallest absolute Gasteiger partial charge is 0.410 e. The van der Waals surface area contributed by atoms with Crippen molar-refractivity contribution in [2.24, 2.45) is 0 Å². The molecule has 0 aliphatic carbocycles. The highest BCUT2D eigenvalue weighted by Crippen LogP contribution is 2.32. The van der Waals surface area contributed by atoms with Crippen molar-refractivity contribution in [3.05, 3.63) is 11.4 Å². The molecular weight excluding hydrogens is 256 g/mol. The minimum atomic E-state index is -0.500. The number of nitrogens with zero attached hydrogens (tertiary/aromatic N) is 2. The fraction of sp³-hybridized carbons (Fsp3) is 0.800. The van der Waals surface area contributed by atoms with Crippen LogP contribution in [0.15, 0.2) is 0 Å². The van der Waals surface area contributed by atoms with E-state index < -0.39 is 11.1 Å². The van der Waals surface area contributed by atoms with Gasteiger partial charge in [-0.15, -0.1) is 0 Å². The Morgan fingerprint density at radius 2 is 1.85 bits per heavy atom. The highest BCUT2D eigenvalue weighted by Gasteiger charge is 2.42. The Morgan fingerprint density at radius 1 is 1.30 bits per heavy atom.